The highest BCUT2D eigenvalue weighted by Crippen LogP contribution is 2.21. The van der Waals surface area contributed by atoms with Crippen LogP contribution in [0.15, 0.2) is 33.5 Å². The molecule has 2 aromatic rings. The molecule has 0 atom stereocenters. The molecule has 2 rings (SSSR count). The van der Waals surface area contributed by atoms with Gasteiger partial charge >= 0.3 is 0 Å². The van der Waals surface area contributed by atoms with Crippen LogP contribution in [0.5, 0.6) is 0 Å². The van der Waals surface area contributed by atoms with E-state index in [9.17, 15) is 0 Å². The summed E-state index contributed by atoms with van der Waals surface area (Å²) >= 11 is 8.17. The van der Waals surface area contributed by atoms with Crippen molar-refractivity contribution in [2.45, 2.75) is 6.42 Å². The van der Waals surface area contributed by atoms with Crippen LogP contribution >= 0.6 is 43.4 Å². The molecule has 0 radical (unpaired) electrons. The summed E-state index contributed by atoms with van der Waals surface area (Å²) in [4.78, 5) is 4.25. The summed E-state index contributed by atoms with van der Waals surface area (Å²) in [5.41, 5.74) is 1.23. The highest BCUT2D eigenvalue weighted by atomic mass is 79.9. The number of halogens is 2. The summed E-state index contributed by atoms with van der Waals surface area (Å²) in [6.07, 6.45) is 0.824. The summed E-state index contributed by atoms with van der Waals surface area (Å²) in [5, 5.41) is 1.02. The van der Waals surface area contributed by atoms with E-state index in [1.807, 2.05) is 18.2 Å². The van der Waals surface area contributed by atoms with Gasteiger partial charge in [0.2, 0.25) is 4.73 Å². The number of hydrogen-bond donors (Lipinski definition) is 0. The van der Waals surface area contributed by atoms with Gasteiger partial charge in [0.15, 0.2) is 0 Å². The minimum atomic E-state index is 0.671. The highest BCUT2D eigenvalue weighted by Gasteiger charge is 2.04. The molecule has 0 spiro atoms. The first kappa shape index (κ1) is 10.3. The first-order chi connectivity index (χ1) is 6.75. The highest BCUT2D eigenvalue weighted by molar-refractivity contribution is 9.10. The second-order valence-corrected chi connectivity index (χ2v) is 5.13. The summed E-state index contributed by atoms with van der Waals surface area (Å²) < 4.78 is 5.86. The van der Waals surface area contributed by atoms with Gasteiger partial charge in [0, 0.05) is 10.9 Å². The maximum absolute atomic E-state index is 4.25. The molecule has 1 aromatic heterocycles. The third-order valence-electron chi connectivity index (χ3n) is 1.74. The van der Waals surface area contributed by atoms with E-state index in [0.29, 0.717) is 4.73 Å². The van der Waals surface area contributed by atoms with Gasteiger partial charge in [-0.05, 0) is 39.1 Å². The Kier molecular flexibility index (Phi) is 3.30. The molecule has 1 heterocycles. The maximum Gasteiger partial charge on any atom is 0.209 e. The molecule has 0 N–H and O–H groups in total. The van der Waals surface area contributed by atoms with Crippen LogP contribution in [0, 0.1) is 0 Å². The van der Waals surface area contributed by atoms with Gasteiger partial charge < -0.3 is 0 Å². The minimum absolute atomic E-state index is 0.671. The number of hydrogen-bond acceptors (Lipinski definition) is 3. The van der Waals surface area contributed by atoms with Gasteiger partial charge in [-0.1, -0.05) is 34.1 Å². The molecule has 2 nitrogen and oxygen atoms in total. The van der Waals surface area contributed by atoms with Crippen LogP contribution in [-0.2, 0) is 6.42 Å². The van der Waals surface area contributed by atoms with Gasteiger partial charge in [-0.15, -0.1) is 0 Å². The maximum atomic E-state index is 4.25. The van der Waals surface area contributed by atoms with Gasteiger partial charge in [-0.2, -0.15) is 4.37 Å². The lowest BCUT2D eigenvalue weighted by Crippen LogP contribution is -1.87. The van der Waals surface area contributed by atoms with Crippen molar-refractivity contribution in [2.24, 2.45) is 0 Å². The summed E-state index contributed by atoms with van der Waals surface area (Å²) in [6, 6.07) is 8.14. The fourth-order valence-electron chi connectivity index (χ4n) is 1.11. The third kappa shape index (κ3) is 2.40. The van der Waals surface area contributed by atoms with Crippen LogP contribution in [0.1, 0.15) is 10.6 Å². The molecule has 0 aliphatic heterocycles. The Morgan fingerprint density at radius 3 is 2.64 bits per heavy atom. The minimum Gasteiger partial charge on any atom is -0.214 e. The van der Waals surface area contributed by atoms with E-state index in [4.69, 9.17) is 0 Å². The Morgan fingerprint density at radius 2 is 2.00 bits per heavy atom. The molecule has 0 saturated heterocycles. The molecule has 0 amide bonds. The van der Waals surface area contributed by atoms with Crippen molar-refractivity contribution in [2.75, 3.05) is 0 Å². The molecular weight excluding hydrogens is 328 g/mol. The number of aromatic nitrogens is 2. The van der Waals surface area contributed by atoms with Gasteiger partial charge in [-0.3, -0.25) is 0 Å². The SMILES string of the molecule is Brc1nsc(Cc2ccccc2Br)n1. The number of nitrogens with zero attached hydrogens (tertiary/aromatic N) is 2. The molecule has 0 fully saturated rings. The molecule has 0 aliphatic carbocycles. The van der Waals surface area contributed by atoms with Crippen molar-refractivity contribution in [1.82, 2.24) is 9.36 Å². The number of rotatable bonds is 2. The van der Waals surface area contributed by atoms with Crippen molar-refractivity contribution >= 4 is 43.4 Å². The van der Waals surface area contributed by atoms with E-state index < -0.39 is 0 Å². The fraction of sp³-hybridized carbons (Fsp3) is 0.111. The largest absolute Gasteiger partial charge is 0.214 e. The van der Waals surface area contributed by atoms with Crippen molar-refractivity contribution in [3.05, 3.63) is 44.0 Å². The first-order valence-corrected chi connectivity index (χ1v) is 6.33. The smallest absolute Gasteiger partial charge is 0.209 e. The van der Waals surface area contributed by atoms with Crippen LogP contribution in [-0.4, -0.2) is 9.36 Å². The summed E-state index contributed by atoms with van der Waals surface area (Å²) in [5.74, 6) is 0. The average Bonchev–Trinajstić information content (AvgIpc) is 2.56. The van der Waals surface area contributed by atoms with E-state index in [1.165, 1.54) is 17.1 Å². The molecular formula is C9H6Br2N2S. The Balaban J connectivity index is 2.23. The normalized spacial score (nSPS) is 10.4. The standard InChI is InChI=1S/C9H6Br2N2S/c10-7-4-2-1-3-6(7)5-8-12-9(11)13-14-8/h1-4H,5H2. The Bertz CT molecular complexity index is 442. The molecule has 5 heteroatoms. The molecule has 0 unspecified atom stereocenters. The van der Waals surface area contributed by atoms with Crippen LogP contribution in [0.2, 0.25) is 0 Å². The van der Waals surface area contributed by atoms with Gasteiger partial charge in [0.1, 0.15) is 5.01 Å². The van der Waals surface area contributed by atoms with Crippen LogP contribution in [0.25, 0.3) is 0 Å². The van der Waals surface area contributed by atoms with Crippen LogP contribution in [0.4, 0.5) is 0 Å². The second kappa shape index (κ2) is 4.51. The lowest BCUT2D eigenvalue weighted by molar-refractivity contribution is 1.10. The molecule has 0 aliphatic rings. The van der Waals surface area contributed by atoms with Gasteiger partial charge in [0.25, 0.3) is 0 Å². The molecule has 14 heavy (non-hydrogen) atoms. The van der Waals surface area contributed by atoms with E-state index in [2.05, 4.69) is 47.3 Å². The second-order valence-electron chi connectivity index (χ2n) is 2.73. The van der Waals surface area contributed by atoms with Crippen LogP contribution < -0.4 is 0 Å². The summed E-state index contributed by atoms with van der Waals surface area (Å²) in [6.45, 7) is 0. The number of benzene rings is 1. The fourth-order valence-corrected chi connectivity index (χ4v) is 2.65. The lowest BCUT2D eigenvalue weighted by atomic mass is 10.2. The van der Waals surface area contributed by atoms with Crippen molar-refractivity contribution in [3.63, 3.8) is 0 Å². The predicted octanol–water partition coefficient (Wildman–Crippen LogP) is 3.65. The summed E-state index contributed by atoms with van der Waals surface area (Å²) in [7, 11) is 0. The topological polar surface area (TPSA) is 25.8 Å². The molecule has 72 valence electrons. The van der Waals surface area contributed by atoms with Crippen molar-refractivity contribution in [1.29, 1.82) is 0 Å². The molecule has 0 bridgehead atoms. The van der Waals surface area contributed by atoms with Crippen LogP contribution in [0.3, 0.4) is 0 Å². The van der Waals surface area contributed by atoms with E-state index in [0.717, 1.165) is 15.9 Å². The Morgan fingerprint density at radius 1 is 1.21 bits per heavy atom. The van der Waals surface area contributed by atoms with E-state index in [1.54, 1.807) is 0 Å². The lowest BCUT2D eigenvalue weighted by Gasteiger charge is -1.99. The van der Waals surface area contributed by atoms with Crippen molar-refractivity contribution in [3.8, 4) is 0 Å². The monoisotopic (exact) mass is 332 g/mol. The van der Waals surface area contributed by atoms with Gasteiger partial charge in [-0.25, -0.2) is 4.98 Å². The molecule has 0 saturated carbocycles. The zero-order valence-corrected chi connectivity index (χ0v) is 11.1. The Labute approximate surface area is 103 Å². The zero-order chi connectivity index (χ0) is 9.97. The van der Waals surface area contributed by atoms with E-state index >= 15 is 0 Å². The first-order valence-electron chi connectivity index (χ1n) is 3.97. The third-order valence-corrected chi connectivity index (χ3v) is 3.82. The van der Waals surface area contributed by atoms with Gasteiger partial charge in [0.05, 0.1) is 0 Å². The average molecular weight is 334 g/mol. The quantitative estimate of drug-likeness (QED) is 0.838. The van der Waals surface area contributed by atoms with E-state index in [-0.39, 0.29) is 0 Å². The molecule has 1 aromatic carbocycles. The van der Waals surface area contributed by atoms with Crippen molar-refractivity contribution < 1.29 is 0 Å². The predicted molar refractivity (Wildman–Crippen MR) is 64.6 cm³/mol. The Hall–Kier alpha value is -0.260. The zero-order valence-electron chi connectivity index (χ0n) is 7.08.